The molecular weight excluding hydrogens is 233 g/mol. The van der Waals surface area contributed by atoms with Crippen LogP contribution in [0.1, 0.15) is 5.56 Å². The van der Waals surface area contributed by atoms with Gasteiger partial charge < -0.3 is 15.2 Å². The van der Waals surface area contributed by atoms with Crippen molar-refractivity contribution in [3.63, 3.8) is 0 Å². The molecule has 2 N–H and O–H groups in total. The molecule has 2 aromatic carbocycles. The second kappa shape index (κ2) is 4.96. The number of hydrogen-bond acceptors (Lipinski definition) is 3. The lowest BCUT2D eigenvalue weighted by atomic mass is 10.2. The van der Waals surface area contributed by atoms with Crippen LogP contribution in [0.15, 0.2) is 36.4 Å². The van der Waals surface area contributed by atoms with E-state index in [4.69, 9.17) is 15.2 Å². The Morgan fingerprint density at radius 3 is 2.50 bits per heavy atom. The van der Waals surface area contributed by atoms with Crippen molar-refractivity contribution in [1.29, 1.82) is 0 Å². The van der Waals surface area contributed by atoms with Crippen LogP contribution in [0.3, 0.4) is 0 Å². The van der Waals surface area contributed by atoms with Crippen molar-refractivity contribution in [2.24, 2.45) is 0 Å². The molecule has 0 aliphatic heterocycles. The molecule has 0 heterocycles. The van der Waals surface area contributed by atoms with E-state index >= 15 is 0 Å². The molecule has 0 unspecified atom stereocenters. The van der Waals surface area contributed by atoms with Crippen molar-refractivity contribution in [2.45, 2.75) is 6.92 Å². The zero-order valence-corrected chi connectivity index (χ0v) is 10.2. The van der Waals surface area contributed by atoms with Crippen LogP contribution in [0.4, 0.5) is 10.1 Å². The molecule has 2 aromatic rings. The Balaban J connectivity index is 2.28. The predicted molar refractivity (Wildman–Crippen MR) is 68.6 cm³/mol. The minimum absolute atomic E-state index is 0.283. The largest absolute Gasteiger partial charge is 0.494 e. The fourth-order valence-electron chi connectivity index (χ4n) is 1.61. The summed E-state index contributed by atoms with van der Waals surface area (Å²) in [6.07, 6.45) is 0. The van der Waals surface area contributed by atoms with E-state index in [9.17, 15) is 4.39 Å². The van der Waals surface area contributed by atoms with Gasteiger partial charge in [-0.2, -0.15) is 0 Å². The van der Waals surface area contributed by atoms with Gasteiger partial charge in [0, 0.05) is 6.07 Å². The third-order valence-electron chi connectivity index (χ3n) is 2.57. The smallest absolute Gasteiger partial charge is 0.145 e. The Morgan fingerprint density at radius 2 is 1.83 bits per heavy atom. The summed E-state index contributed by atoms with van der Waals surface area (Å²) in [4.78, 5) is 0. The number of ether oxygens (including phenoxy) is 2. The van der Waals surface area contributed by atoms with Gasteiger partial charge in [-0.25, -0.2) is 4.39 Å². The summed E-state index contributed by atoms with van der Waals surface area (Å²) in [5.74, 6) is 1.46. The number of nitrogens with two attached hydrogens (primary N) is 1. The molecule has 0 aromatic heterocycles. The van der Waals surface area contributed by atoms with Crippen LogP contribution in [0.5, 0.6) is 17.2 Å². The van der Waals surface area contributed by atoms with Crippen molar-refractivity contribution in [3.05, 3.63) is 47.8 Å². The summed E-state index contributed by atoms with van der Waals surface area (Å²) in [6.45, 7) is 1.78. The molecule has 0 spiro atoms. The standard InChI is InChI=1S/C14H14FNO2/c1-9-7-10(15)3-6-13(9)18-11-4-5-12(16)14(8-11)17-2/h3-8H,16H2,1-2H3. The van der Waals surface area contributed by atoms with Crippen LogP contribution in [-0.4, -0.2) is 7.11 Å². The molecule has 18 heavy (non-hydrogen) atoms. The molecule has 0 bridgehead atoms. The van der Waals surface area contributed by atoms with Crippen molar-refractivity contribution in [2.75, 3.05) is 12.8 Å². The minimum Gasteiger partial charge on any atom is -0.494 e. The van der Waals surface area contributed by atoms with E-state index in [-0.39, 0.29) is 5.82 Å². The van der Waals surface area contributed by atoms with E-state index < -0.39 is 0 Å². The molecule has 0 saturated heterocycles. The summed E-state index contributed by atoms with van der Waals surface area (Å²) >= 11 is 0. The summed E-state index contributed by atoms with van der Waals surface area (Å²) in [6, 6.07) is 9.50. The number of hydrogen-bond donors (Lipinski definition) is 1. The number of aryl methyl sites for hydroxylation is 1. The normalized spacial score (nSPS) is 10.2. The van der Waals surface area contributed by atoms with E-state index in [2.05, 4.69) is 0 Å². The maximum Gasteiger partial charge on any atom is 0.145 e. The summed E-state index contributed by atoms with van der Waals surface area (Å²) in [5.41, 5.74) is 6.98. The predicted octanol–water partition coefficient (Wildman–Crippen LogP) is 3.52. The second-order valence-electron chi connectivity index (χ2n) is 3.92. The van der Waals surface area contributed by atoms with Gasteiger partial charge in [-0.3, -0.25) is 0 Å². The summed E-state index contributed by atoms with van der Waals surface area (Å²) < 4.78 is 23.7. The number of rotatable bonds is 3. The van der Waals surface area contributed by atoms with Crippen LogP contribution in [0.25, 0.3) is 0 Å². The van der Waals surface area contributed by atoms with Crippen LogP contribution in [0.2, 0.25) is 0 Å². The lowest BCUT2D eigenvalue weighted by Crippen LogP contribution is -1.94. The highest BCUT2D eigenvalue weighted by molar-refractivity contribution is 5.56. The first kappa shape index (κ1) is 12.2. The van der Waals surface area contributed by atoms with Gasteiger partial charge in [0.2, 0.25) is 0 Å². The van der Waals surface area contributed by atoms with E-state index in [1.165, 1.54) is 12.1 Å². The second-order valence-corrected chi connectivity index (χ2v) is 3.92. The first-order chi connectivity index (χ1) is 8.60. The van der Waals surface area contributed by atoms with Crippen molar-refractivity contribution >= 4 is 5.69 Å². The number of halogens is 1. The topological polar surface area (TPSA) is 44.5 Å². The van der Waals surface area contributed by atoms with E-state index in [1.807, 2.05) is 0 Å². The molecule has 94 valence electrons. The van der Waals surface area contributed by atoms with E-state index in [0.717, 1.165) is 5.56 Å². The van der Waals surface area contributed by atoms with Crippen molar-refractivity contribution in [3.8, 4) is 17.2 Å². The Hall–Kier alpha value is -2.23. The van der Waals surface area contributed by atoms with Gasteiger partial charge in [0.1, 0.15) is 23.1 Å². The van der Waals surface area contributed by atoms with E-state index in [0.29, 0.717) is 22.9 Å². The third-order valence-corrected chi connectivity index (χ3v) is 2.57. The highest BCUT2D eigenvalue weighted by Crippen LogP contribution is 2.31. The number of nitrogen functional groups attached to an aromatic ring is 1. The maximum atomic E-state index is 13.0. The van der Waals surface area contributed by atoms with Crippen molar-refractivity contribution in [1.82, 2.24) is 0 Å². The fourth-order valence-corrected chi connectivity index (χ4v) is 1.61. The highest BCUT2D eigenvalue weighted by atomic mass is 19.1. The lowest BCUT2D eigenvalue weighted by Gasteiger charge is -2.11. The zero-order valence-electron chi connectivity index (χ0n) is 10.2. The SMILES string of the molecule is COc1cc(Oc2ccc(F)cc2C)ccc1N. The summed E-state index contributed by atoms with van der Waals surface area (Å²) in [7, 11) is 1.54. The van der Waals surface area contributed by atoms with Gasteiger partial charge >= 0.3 is 0 Å². The highest BCUT2D eigenvalue weighted by Gasteiger charge is 2.05. The van der Waals surface area contributed by atoms with Crippen LogP contribution >= 0.6 is 0 Å². The van der Waals surface area contributed by atoms with Gasteiger partial charge in [0.05, 0.1) is 12.8 Å². The number of benzene rings is 2. The van der Waals surface area contributed by atoms with E-state index in [1.54, 1.807) is 38.3 Å². The van der Waals surface area contributed by atoms with Gasteiger partial charge in [-0.1, -0.05) is 0 Å². The van der Waals surface area contributed by atoms with Gasteiger partial charge in [-0.05, 0) is 42.8 Å². The van der Waals surface area contributed by atoms with Gasteiger partial charge in [-0.15, -0.1) is 0 Å². The molecule has 0 aliphatic carbocycles. The zero-order chi connectivity index (χ0) is 13.1. The molecule has 0 atom stereocenters. The molecule has 3 nitrogen and oxygen atoms in total. The number of methoxy groups -OCH3 is 1. The third kappa shape index (κ3) is 2.53. The number of anilines is 1. The Morgan fingerprint density at radius 1 is 1.06 bits per heavy atom. The Labute approximate surface area is 105 Å². The first-order valence-electron chi connectivity index (χ1n) is 5.47. The molecular formula is C14H14FNO2. The first-order valence-corrected chi connectivity index (χ1v) is 5.47. The molecule has 4 heteroatoms. The van der Waals surface area contributed by atoms with Crippen LogP contribution < -0.4 is 15.2 Å². The molecule has 0 amide bonds. The van der Waals surface area contributed by atoms with Crippen molar-refractivity contribution < 1.29 is 13.9 Å². The maximum absolute atomic E-state index is 13.0. The Bertz CT molecular complexity index is 570. The van der Waals surface area contributed by atoms with Gasteiger partial charge in [0.25, 0.3) is 0 Å². The van der Waals surface area contributed by atoms with Crippen LogP contribution in [0, 0.1) is 12.7 Å². The Kier molecular flexibility index (Phi) is 3.37. The fraction of sp³-hybridized carbons (Fsp3) is 0.143. The lowest BCUT2D eigenvalue weighted by molar-refractivity contribution is 0.411. The average molecular weight is 247 g/mol. The van der Waals surface area contributed by atoms with Gasteiger partial charge in [0.15, 0.2) is 0 Å². The summed E-state index contributed by atoms with van der Waals surface area (Å²) in [5, 5.41) is 0. The monoisotopic (exact) mass is 247 g/mol. The molecule has 2 rings (SSSR count). The van der Waals surface area contributed by atoms with Crippen LogP contribution in [-0.2, 0) is 0 Å². The minimum atomic E-state index is -0.283. The molecule has 0 fully saturated rings. The quantitative estimate of drug-likeness (QED) is 0.844. The molecule has 0 saturated carbocycles. The average Bonchev–Trinajstić information content (AvgIpc) is 2.35. The molecule has 0 radical (unpaired) electrons. The molecule has 0 aliphatic rings.